The van der Waals surface area contributed by atoms with Crippen LogP contribution in [-0.4, -0.2) is 111 Å². The number of benzene rings is 1. The lowest BCUT2D eigenvalue weighted by atomic mass is 9.68. The lowest BCUT2D eigenvalue weighted by molar-refractivity contribution is -0.137. The van der Waals surface area contributed by atoms with Gasteiger partial charge in [-0.2, -0.15) is 0 Å². The number of hydrogen-bond donors (Lipinski definition) is 6. The number of ketones is 3. The first kappa shape index (κ1) is 43.2. The molecule has 1 aliphatic carbocycles. The molecule has 4 rings (SSSR count). The molecule has 15 nitrogen and oxygen atoms in total. The summed E-state index contributed by atoms with van der Waals surface area (Å²) in [6.45, 7) is 8.96. The number of carbonyl (C=O) groups excluding carboxylic acids is 5. The molecule has 3 fully saturated rings. The van der Waals surface area contributed by atoms with E-state index >= 15 is 0 Å². The van der Waals surface area contributed by atoms with Crippen LogP contribution >= 0.6 is 0 Å². The van der Waals surface area contributed by atoms with Crippen molar-refractivity contribution in [3.05, 3.63) is 47.5 Å². The second kappa shape index (κ2) is 20.9. The molecule has 3 aliphatic rings. The molecule has 1 saturated carbocycles. The van der Waals surface area contributed by atoms with Gasteiger partial charge in [-0.1, -0.05) is 54.8 Å². The molecule has 54 heavy (non-hydrogen) atoms. The van der Waals surface area contributed by atoms with Crippen molar-refractivity contribution < 1.29 is 42.9 Å². The number of nitrogens with one attached hydrogen (secondary N) is 6. The van der Waals surface area contributed by atoms with Crippen molar-refractivity contribution in [1.29, 1.82) is 0 Å². The molecule has 7 atom stereocenters. The molecule has 2 heterocycles. The molecule has 4 unspecified atom stereocenters. The van der Waals surface area contributed by atoms with E-state index in [9.17, 15) is 24.0 Å². The van der Waals surface area contributed by atoms with Crippen molar-refractivity contribution in [1.82, 2.24) is 32.3 Å². The van der Waals surface area contributed by atoms with Gasteiger partial charge in [-0.05, 0) is 71.8 Å². The van der Waals surface area contributed by atoms with E-state index in [4.69, 9.17) is 18.9 Å². The van der Waals surface area contributed by atoms with E-state index in [0.717, 1.165) is 44.1 Å². The molecule has 0 radical (unpaired) electrons. The number of hydrazine groups is 2. The van der Waals surface area contributed by atoms with Gasteiger partial charge in [0, 0.05) is 20.2 Å². The number of Topliss-reactive ketones (excluding diaryl/α,β-unsaturated/α-hetero) is 3. The minimum Gasteiger partial charge on any atom is -0.443 e. The first-order valence-electron chi connectivity index (χ1n) is 19.1. The smallest absolute Gasteiger partial charge is 0.407 e. The average molecular weight is 757 g/mol. The highest BCUT2D eigenvalue weighted by Crippen LogP contribution is 2.59. The topological polar surface area (TPSA) is 201 Å². The molecule has 2 amide bonds. The van der Waals surface area contributed by atoms with Gasteiger partial charge in [-0.25, -0.2) is 21.1 Å². The quantitative estimate of drug-likeness (QED) is 0.0279. The Morgan fingerprint density at radius 1 is 0.926 bits per heavy atom. The maximum Gasteiger partial charge on any atom is 0.407 e. The van der Waals surface area contributed by atoms with Gasteiger partial charge in [-0.3, -0.25) is 24.6 Å². The highest BCUT2D eigenvalue weighted by Gasteiger charge is 2.72. The highest BCUT2D eigenvalue weighted by molar-refractivity contribution is 6.40. The largest absolute Gasteiger partial charge is 0.443 e. The number of carbonyl (C=O) groups is 5. The Labute approximate surface area is 318 Å². The second-order valence-electron chi connectivity index (χ2n) is 14.9. The van der Waals surface area contributed by atoms with Crippen LogP contribution < -0.4 is 32.3 Å². The number of unbranched alkanes of at least 4 members (excludes halogenated alkanes) is 3. The molecule has 0 aromatic heterocycles. The SMILES string of the molecule is COC1C(OC(=O)NCCCCCCNC(=O)CNN[C@@H](Cc2ccccc2)C(=O)C(=O)CNNCC(C)=O)CC[C@]2(CO2)C1C1(C)O[C@@H]1CC=C(C)C. The van der Waals surface area contributed by atoms with Crippen LogP contribution in [-0.2, 0) is 44.5 Å². The first-order chi connectivity index (χ1) is 25.9. The summed E-state index contributed by atoms with van der Waals surface area (Å²) in [7, 11) is 1.66. The van der Waals surface area contributed by atoms with E-state index in [-0.39, 0.29) is 61.5 Å². The Bertz CT molecular complexity index is 1450. The monoisotopic (exact) mass is 756 g/mol. The molecule has 0 bridgehead atoms. The Kier molecular flexibility index (Phi) is 16.7. The van der Waals surface area contributed by atoms with Crippen molar-refractivity contribution in [3.63, 3.8) is 0 Å². The molecular weight excluding hydrogens is 696 g/mol. The second-order valence-corrected chi connectivity index (χ2v) is 14.9. The lowest BCUT2D eigenvalue weighted by Gasteiger charge is -2.42. The molecule has 1 aromatic carbocycles. The molecule has 300 valence electrons. The minimum absolute atomic E-state index is 0.0283. The summed E-state index contributed by atoms with van der Waals surface area (Å²) in [5, 5.41) is 5.72. The van der Waals surface area contributed by atoms with Gasteiger partial charge < -0.3 is 29.6 Å². The Morgan fingerprint density at radius 3 is 2.26 bits per heavy atom. The Balaban J connectivity index is 1.08. The number of allylic oxidation sites excluding steroid dienone is 1. The van der Waals surface area contributed by atoms with E-state index < -0.39 is 35.4 Å². The van der Waals surface area contributed by atoms with Crippen LogP contribution in [0.25, 0.3) is 0 Å². The summed E-state index contributed by atoms with van der Waals surface area (Å²) in [4.78, 5) is 61.7. The van der Waals surface area contributed by atoms with Crippen LogP contribution in [0, 0.1) is 5.92 Å². The number of amides is 2. The third-order valence-corrected chi connectivity index (χ3v) is 10.3. The standard InChI is InChI=1S/C39H60N6O9/c1-26(2)15-16-32-38(4,54-32)36-35(51-5)31(17-18-39(36)25-52-39)53-37(50)41-20-12-7-6-11-19-40-33(48)24-44-45-29(21-28-13-9-8-10-14-28)34(49)30(47)23-43-42-22-27(3)46/h8-10,13-15,29,31-32,35-36,42-45H,6-7,11-12,16-25H2,1-5H3,(H,40,48)(H,41,50)/t29-,31?,32+,35?,36?,38?,39-/m0/s1. The summed E-state index contributed by atoms with van der Waals surface area (Å²) in [6.07, 6.45) is 6.88. The number of methoxy groups -OCH3 is 1. The Morgan fingerprint density at radius 2 is 1.61 bits per heavy atom. The zero-order valence-corrected chi connectivity index (χ0v) is 32.4. The average Bonchev–Trinajstić information content (AvgIpc) is 4.06. The fourth-order valence-electron chi connectivity index (χ4n) is 7.26. The van der Waals surface area contributed by atoms with Crippen molar-refractivity contribution in [2.75, 3.05) is 46.4 Å². The van der Waals surface area contributed by atoms with Crippen LogP contribution in [0.3, 0.4) is 0 Å². The van der Waals surface area contributed by atoms with Crippen LogP contribution in [0.5, 0.6) is 0 Å². The normalized spacial score (nSPS) is 26.0. The third-order valence-electron chi connectivity index (χ3n) is 10.3. The molecule has 2 saturated heterocycles. The van der Waals surface area contributed by atoms with E-state index in [1.807, 2.05) is 30.3 Å². The minimum atomic E-state index is -0.898. The molecule has 6 N–H and O–H groups in total. The predicted octanol–water partition coefficient (Wildman–Crippen LogP) is 1.99. The zero-order chi connectivity index (χ0) is 39.1. The van der Waals surface area contributed by atoms with Crippen molar-refractivity contribution in [3.8, 4) is 0 Å². The van der Waals surface area contributed by atoms with E-state index in [1.165, 1.54) is 12.5 Å². The van der Waals surface area contributed by atoms with E-state index in [0.29, 0.717) is 26.1 Å². The Hall–Kier alpha value is -3.57. The number of rotatable bonds is 25. The summed E-state index contributed by atoms with van der Waals surface area (Å²) in [5.74, 6) is -1.73. The van der Waals surface area contributed by atoms with Crippen LogP contribution in [0.15, 0.2) is 42.0 Å². The van der Waals surface area contributed by atoms with Crippen molar-refractivity contribution >= 4 is 29.4 Å². The predicted molar refractivity (Wildman–Crippen MR) is 201 cm³/mol. The molecule has 1 aromatic rings. The maximum atomic E-state index is 12.9. The fourth-order valence-corrected chi connectivity index (χ4v) is 7.26. The number of alkyl carbamates (subject to hydrolysis) is 1. The van der Waals surface area contributed by atoms with Gasteiger partial charge in [0.1, 0.15) is 29.2 Å². The van der Waals surface area contributed by atoms with Crippen LogP contribution in [0.4, 0.5) is 4.79 Å². The van der Waals surface area contributed by atoms with Gasteiger partial charge in [0.2, 0.25) is 17.5 Å². The number of ether oxygens (including phenoxy) is 4. The van der Waals surface area contributed by atoms with Crippen molar-refractivity contribution in [2.45, 2.75) is 115 Å². The first-order valence-corrected chi connectivity index (χ1v) is 19.1. The van der Waals surface area contributed by atoms with Gasteiger partial charge in [0.25, 0.3) is 0 Å². The van der Waals surface area contributed by atoms with Gasteiger partial charge in [0.15, 0.2) is 0 Å². The van der Waals surface area contributed by atoms with E-state index in [1.54, 1.807) is 7.11 Å². The van der Waals surface area contributed by atoms with Gasteiger partial charge >= 0.3 is 6.09 Å². The van der Waals surface area contributed by atoms with Crippen molar-refractivity contribution in [2.24, 2.45) is 5.92 Å². The maximum absolute atomic E-state index is 12.9. The zero-order valence-electron chi connectivity index (χ0n) is 32.4. The third kappa shape index (κ3) is 13.0. The highest BCUT2D eigenvalue weighted by atomic mass is 16.6. The van der Waals surface area contributed by atoms with E-state index in [2.05, 4.69) is 59.2 Å². The fraction of sp³-hybridized carbons (Fsp3) is 0.667. The molecule has 2 aliphatic heterocycles. The van der Waals surface area contributed by atoms with Crippen LogP contribution in [0.2, 0.25) is 0 Å². The number of epoxide rings is 2. The van der Waals surface area contributed by atoms with Crippen LogP contribution in [0.1, 0.15) is 78.2 Å². The van der Waals surface area contributed by atoms with Gasteiger partial charge in [0.05, 0.1) is 44.3 Å². The molecule has 1 spiro atoms. The number of hydrogen-bond acceptors (Lipinski definition) is 13. The summed E-state index contributed by atoms with van der Waals surface area (Å²) >= 11 is 0. The van der Waals surface area contributed by atoms with Gasteiger partial charge in [-0.15, -0.1) is 0 Å². The molecular formula is C39H60N6O9. The summed E-state index contributed by atoms with van der Waals surface area (Å²) in [6, 6.07) is 8.34. The summed E-state index contributed by atoms with van der Waals surface area (Å²) in [5.41, 5.74) is 12.2. The lowest BCUT2D eigenvalue weighted by Crippen LogP contribution is -2.56. The summed E-state index contributed by atoms with van der Waals surface area (Å²) < 4.78 is 24.1. The molecule has 15 heteroatoms.